The molecule has 1 heterocycles. The van der Waals surface area contributed by atoms with Crippen LogP contribution in [0, 0.1) is 0 Å². The van der Waals surface area contributed by atoms with Gasteiger partial charge in [-0.05, 0) is 26.2 Å². The molecule has 0 aromatic carbocycles. The second-order valence-electron chi connectivity index (χ2n) is 4.48. The molecule has 0 aliphatic heterocycles. The van der Waals surface area contributed by atoms with Crippen molar-refractivity contribution < 1.29 is 14.3 Å². The van der Waals surface area contributed by atoms with Gasteiger partial charge in [-0.3, -0.25) is 9.59 Å². The van der Waals surface area contributed by atoms with Crippen LogP contribution in [0.15, 0.2) is 0 Å². The molecule has 1 aromatic rings. The van der Waals surface area contributed by atoms with E-state index >= 15 is 0 Å². The predicted molar refractivity (Wildman–Crippen MR) is 65.3 cm³/mol. The maximum atomic E-state index is 11.9. The molecule has 1 aliphatic rings. The Balaban J connectivity index is 2.34. The van der Waals surface area contributed by atoms with E-state index in [2.05, 4.69) is 4.98 Å². The lowest BCUT2D eigenvalue weighted by Gasteiger charge is -2.08. The van der Waals surface area contributed by atoms with Crippen LogP contribution in [-0.4, -0.2) is 21.3 Å². The van der Waals surface area contributed by atoms with E-state index in [4.69, 9.17) is 4.74 Å². The van der Waals surface area contributed by atoms with Crippen LogP contribution in [0.3, 0.4) is 0 Å². The average molecular weight is 250 g/mol. The summed E-state index contributed by atoms with van der Waals surface area (Å²) in [7, 11) is 0. The highest BCUT2D eigenvalue weighted by molar-refractivity contribution is 5.95. The number of hydrogen-bond acceptors (Lipinski definition) is 4. The van der Waals surface area contributed by atoms with E-state index in [1.807, 2.05) is 11.5 Å². The highest BCUT2D eigenvalue weighted by Gasteiger charge is 2.23. The Hall–Kier alpha value is -1.65. The van der Waals surface area contributed by atoms with Crippen molar-refractivity contribution in [3.05, 3.63) is 17.2 Å². The number of carbonyl (C=O) groups excluding carboxylic acids is 2. The van der Waals surface area contributed by atoms with Crippen molar-refractivity contribution in [3.63, 3.8) is 0 Å². The van der Waals surface area contributed by atoms with Crippen LogP contribution in [0.25, 0.3) is 0 Å². The summed E-state index contributed by atoms with van der Waals surface area (Å²) in [5.41, 5.74) is 1.58. The Bertz CT molecular complexity index is 477. The molecule has 0 saturated carbocycles. The molecule has 0 bridgehead atoms. The van der Waals surface area contributed by atoms with E-state index in [1.165, 1.54) is 6.92 Å². The summed E-state index contributed by atoms with van der Waals surface area (Å²) < 4.78 is 6.98. The maximum absolute atomic E-state index is 11.9. The van der Waals surface area contributed by atoms with Gasteiger partial charge in [0.25, 0.3) is 0 Å². The van der Waals surface area contributed by atoms with Gasteiger partial charge in [-0.15, -0.1) is 0 Å². The van der Waals surface area contributed by atoms with E-state index in [0.717, 1.165) is 31.5 Å². The first-order valence-electron chi connectivity index (χ1n) is 6.38. The molecular formula is C13H18N2O3. The first-order valence-corrected chi connectivity index (χ1v) is 6.38. The molecule has 0 unspecified atom stereocenters. The molecular weight excluding hydrogens is 232 g/mol. The van der Waals surface area contributed by atoms with Gasteiger partial charge in [0.1, 0.15) is 18.1 Å². The van der Waals surface area contributed by atoms with Crippen molar-refractivity contribution >= 4 is 11.8 Å². The molecule has 0 radical (unpaired) electrons. The number of nitrogens with zero attached hydrogens (tertiary/aromatic N) is 2. The summed E-state index contributed by atoms with van der Waals surface area (Å²) in [6, 6.07) is 0. The molecule has 1 aromatic heterocycles. The smallest absolute Gasteiger partial charge is 0.303 e. The van der Waals surface area contributed by atoms with E-state index in [0.29, 0.717) is 17.9 Å². The van der Waals surface area contributed by atoms with Gasteiger partial charge in [0, 0.05) is 25.6 Å². The highest BCUT2D eigenvalue weighted by Crippen LogP contribution is 2.22. The minimum Gasteiger partial charge on any atom is -0.458 e. The third-order valence-corrected chi connectivity index (χ3v) is 3.20. The largest absolute Gasteiger partial charge is 0.458 e. The molecule has 0 amide bonds. The standard InChI is InChI=1S/C13H18N2O3/c1-3-15-10-6-4-5-7-11(17)13(10)14-12(15)8-18-9(2)16/h3-8H2,1-2H3. The third kappa shape index (κ3) is 2.44. The van der Waals surface area contributed by atoms with Crippen LogP contribution in [0.2, 0.25) is 0 Å². The summed E-state index contributed by atoms with van der Waals surface area (Å²) in [5, 5.41) is 0. The Morgan fingerprint density at radius 3 is 2.78 bits per heavy atom. The molecule has 1 aliphatic carbocycles. The molecule has 0 fully saturated rings. The number of aromatic nitrogens is 2. The topological polar surface area (TPSA) is 61.2 Å². The van der Waals surface area contributed by atoms with Gasteiger partial charge >= 0.3 is 5.97 Å². The first-order chi connectivity index (χ1) is 8.63. The first kappa shape index (κ1) is 12.8. The van der Waals surface area contributed by atoms with E-state index in [9.17, 15) is 9.59 Å². The SMILES string of the molecule is CCn1c(COC(C)=O)nc2c1CCCCC2=O. The molecule has 0 spiro atoms. The quantitative estimate of drug-likeness (QED) is 0.607. The van der Waals surface area contributed by atoms with E-state index < -0.39 is 0 Å². The van der Waals surface area contributed by atoms with Crippen LogP contribution >= 0.6 is 0 Å². The van der Waals surface area contributed by atoms with E-state index in [-0.39, 0.29) is 18.4 Å². The molecule has 2 rings (SSSR count). The van der Waals surface area contributed by atoms with E-state index in [1.54, 1.807) is 0 Å². The van der Waals surface area contributed by atoms with Crippen LogP contribution in [0.4, 0.5) is 0 Å². The minimum atomic E-state index is -0.331. The molecule has 5 nitrogen and oxygen atoms in total. The number of ketones is 1. The number of imidazole rings is 1. The molecule has 5 heteroatoms. The van der Waals surface area contributed by atoms with Gasteiger partial charge in [0.2, 0.25) is 0 Å². The number of carbonyl (C=O) groups is 2. The lowest BCUT2D eigenvalue weighted by Crippen LogP contribution is -2.09. The molecule has 18 heavy (non-hydrogen) atoms. The van der Waals surface area contributed by atoms with Crippen molar-refractivity contribution in [3.8, 4) is 0 Å². The molecule has 0 N–H and O–H groups in total. The molecule has 0 atom stereocenters. The van der Waals surface area contributed by atoms with Gasteiger partial charge in [0.15, 0.2) is 5.78 Å². The average Bonchev–Trinajstić information content (AvgIpc) is 2.60. The zero-order valence-electron chi connectivity index (χ0n) is 10.9. The molecule has 0 saturated heterocycles. The predicted octanol–water partition coefficient (Wildman–Crippen LogP) is 1.88. The third-order valence-electron chi connectivity index (χ3n) is 3.20. The van der Waals surface area contributed by atoms with Crippen molar-refractivity contribution in [2.75, 3.05) is 0 Å². The fraction of sp³-hybridized carbons (Fsp3) is 0.615. The van der Waals surface area contributed by atoms with Crippen LogP contribution in [0.5, 0.6) is 0 Å². The number of ether oxygens (including phenoxy) is 1. The summed E-state index contributed by atoms with van der Waals surface area (Å²) in [6.07, 6.45) is 3.39. The summed E-state index contributed by atoms with van der Waals surface area (Å²) in [5.74, 6) is 0.453. The summed E-state index contributed by atoms with van der Waals surface area (Å²) >= 11 is 0. The Morgan fingerprint density at radius 2 is 2.11 bits per heavy atom. The van der Waals surface area contributed by atoms with Crippen molar-refractivity contribution in [1.29, 1.82) is 0 Å². The van der Waals surface area contributed by atoms with Crippen molar-refractivity contribution in [2.45, 2.75) is 52.7 Å². The monoisotopic (exact) mass is 250 g/mol. The van der Waals surface area contributed by atoms with Crippen molar-refractivity contribution in [1.82, 2.24) is 9.55 Å². The minimum absolute atomic E-state index is 0.110. The number of Topliss-reactive ketones (excluding diaryl/α,β-unsaturated/α-hetero) is 1. The lowest BCUT2D eigenvalue weighted by molar-refractivity contribution is -0.142. The Kier molecular flexibility index (Phi) is 3.79. The zero-order chi connectivity index (χ0) is 13.1. The fourth-order valence-electron chi connectivity index (χ4n) is 2.36. The number of esters is 1. The second-order valence-corrected chi connectivity index (χ2v) is 4.48. The van der Waals surface area contributed by atoms with Gasteiger partial charge < -0.3 is 9.30 Å². The highest BCUT2D eigenvalue weighted by atomic mass is 16.5. The number of rotatable bonds is 3. The van der Waals surface area contributed by atoms with Gasteiger partial charge in [-0.2, -0.15) is 0 Å². The maximum Gasteiger partial charge on any atom is 0.303 e. The van der Waals surface area contributed by atoms with Gasteiger partial charge in [-0.1, -0.05) is 0 Å². The second kappa shape index (κ2) is 5.33. The Labute approximate surface area is 106 Å². The zero-order valence-corrected chi connectivity index (χ0v) is 10.9. The normalized spacial score (nSPS) is 15.1. The lowest BCUT2D eigenvalue weighted by atomic mass is 10.2. The van der Waals surface area contributed by atoms with Gasteiger partial charge in [0.05, 0.1) is 0 Å². The fourth-order valence-corrected chi connectivity index (χ4v) is 2.36. The van der Waals surface area contributed by atoms with Gasteiger partial charge in [-0.25, -0.2) is 4.98 Å². The van der Waals surface area contributed by atoms with Crippen LogP contribution in [-0.2, 0) is 29.1 Å². The van der Waals surface area contributed by atoms with Crippen molar-refractivity contribution in [2.24, 2.45) is 0 Å². The summed E-state index contributed by atoms with van der Waals surface area (Å²) in [4.78, 5) is 27.2. The number of hydrogen-bond donors (Lipinski definition) is 0. The number of fused-ring (bicyclic) bond motifs is 1. The summed E-state index contributed by atoms with van der Waals surface area (Å²) in [6.45, 7) is 4.26. The van der Waals surface area contributed by atoms with Crippen LogP contribution < -0.4 is 0 Å². The molecule has 98 valence electrons. The Morgan fingerprint density at radius 1 is 1.39 bits per heavy atom. The van der Waals surface area contributed by atoms with Crippen LogP contribution in [0.1, 0.15) is 55.1 Å².